The lowest BCUT2D eigenvalue weighted by atomic mass is 10.0. The normalized spacial score (nSPS) is 14.0. The molecular weight excluding hydrogens is 288 g/mol. The van der Waals surface area contributed by atoms with Crippen molar-refractivity contribution in [2.75, 3.05) is 0 Å². The van der Waals surface area contributed by atoms with Gasteiger partial charge in [0.1, 0.15) is 5.60 Å². The first-order chi connectivity index (χ1) is 9.45. The van der Waals surface area contributed by atoms with Gasteiger partial charge in [-0.15, -0.1) is 0 Å². The van der Waals surface area contributed by atoms with Crippen LogP contribution in [0.3, 0.4) is 0 Å². The lowest BCUT2D eigenvalue weighted by Gasteiger charge is -2.22. The summed E-state index contributed by atoms with van der Waals surface area (Å²) in [6.07, 6.45) is 0. The van der Waals surface area contributed by atoms with Crippen LogP contribution in [-0.2, 0) is 19.4 Å². The minimum absolute atomic E-state index is 0.144. The second-order valence-electron chi connectivity index (χ2n) is 6.44. The molecule has 0 spiro atoms. The SMILES string of the molecule is CC(C)c1ccc(S(=O)(=O)C(C)C(=O)OC(C)(C)C)cc1. The zero-order chi connectivity index (χ0) is 16.4. The second-order valence-corrected chi connectivity index (χ2v) is 8.71. The number of benzene rings is 1. The molecule has 0 N–H and O–H groups in total. The van der Waals surface area contributed by atoms with E-state index in [1.54, 1.807) is 45.0 Å². The Kier molecular flexibility index (Phi) is 5.20. The van der Waals surface area contributed by atoms with Crippen LogP contribution in [0.4, 0.5) is 0 Å². The molecule has 1 aromatic carbocycles. The third kappa shape index (κ3) is 4.56. The molecule has 21 heavy (non-hydrogen) atoms. The fourth-order valence-electron chi connectivity index (χ4n) is 1.76. The molecule has 0 aliphatic carbocycles. The van der Waals surface area contributed by atoms with Gasteiger partial charge in [0.05, 0.1) is 4.90 Å². The molecule has 0 aromatic heterocycles. The van der Waals surface area contributed by atoms with E-state index in [1.807, 2.05) is 13.8 Å². The number of carbonyl (C=O) groups is 1. The van der Waals surface area contributed by atoms with Gasteiger partial charge < -0.3 is 4.74 Å². The molecule has 1 unspecified atom stereocenters. The largest absolute Gasteiger partial charge is 0.459 e. The maximum absolute atomic E-state index is 12.4. The molecule has 1 rings (SSSR count). The van der Waals surface area contributed by atoms with Crippen molar-refractivity contribution < 1.29 is 17.9 Å². The molecule has 0 aliphatic rings. The van der Waals surface area contributed by atoms with Crippen LogP contribution < -0.4 is 0 Å². The highest BCUT2D eigenvalue weighted by molar-refractivity contribution is 7.92. The zero-order valence-electron chi connectivity index (χ0n) is 13.5. The van der Waals surface area contributed by atoms with Gasteiger partial charge in [-0.05, 0) is 51.3 Å². The molecule has 0 fully saturated rings. The maximum Gasteiger partial charge on any atom is 0.324 e. The lowest BCUT2D eigenvalue weighted by molar-refractivity contribution is -0.153. The molecular formula is C16H24O4S. The first-order valence-electron chi connectivity index (χ1n) is 7.02. The number of carbonyl (C=O) groups excluding carboxylic acids is 1. The van der Waals surface area contributed by atoms with Crippen molar-refractivity contribution in [1.82, 2.24) is 0 Å². The summed E-state index contributed by atoms with van der Waals surface area (Å²) in [7, 11) is -3.73. The molecule has 0 aliphatic heterocycles. The van der Waals surface area contributed by atoms with E-state index in [9.17, 15) is 13.2 Å². The molecule has 0 saturated heterocycles. The quantitative estimate of drug-likeness (QED) is 0.800. The van der Waals surface area contributed by atoms with Crippen molar-refractivity contribution in [3.63, 3.8) is 0 Å². The highest BCUT2D eigenvalue weighted by Crippen LogP contribution is 2.22. The number of rotatable bonds is 4. The minimum atomic E-state index is -3.73. The van der Waals surface area contributed by atoms with Crippen molar-refractivity contribution >= 4 is 15.8 Å². The summed E-state index contributed by atoms with van der Waals surface area (Å²) < 4.78 is 30.0. The predicted octanol–water partition coefficient (Wildman–Crippen LogP) is 3.31. The molecule has 4 nitrogen and oxygen atoms in total. The van der Waals surface area contributed by atoms with Gasteiger partial charge in [0.2, 0.25) is 0 Å². The van der Waals surface area contributed by atoms with Gasteiger partial charge in [-0.1, -0.05) is 26.0 Å². The molecule has 5 heteroatoms. The van der Waals surface area contributed by atoms with Crippen LogP contribution in [0.2, 0.25) is 0 Å². The third-order valence-corrected chi connectivity index (χ3v) is 5.13. The van der Waals surface area contributed by atoms with Crippen LogP contribution in [0.15, 0.2) is 29.2 Å². The van der Waals surface area contributed by atoms with E-state index < -0.39 is 26.7 Å². The van der Waals surface area contributed by atoms with Crippen LogP contribution in [0.5, 0.6) is 0 Å². The first-order valence-corrected chi connectivity index (χ1v) is 8.56. The monoisotopic (exact) mass is 312 g/mol. The summed E-state index contributed by atoms with van der Waals surface area (Å²) in [5, 5.41) is -1.22. The van der Waals surface area contributed by atoms with Crippen LogP contribution in [0, 0.1) is 0 Å². The average Bonchev–Trinajstić information content (AvgIpc) is 2.35. The summed E-state index contributed by atoms with van der Waals surface area (Å²) in [6.45, 7) is 10.6. The topological polar surface area (TPSA) is 60.4 Å². The van der Waals surface area contributed by atoms with Gasteiger partial charge in [0, 0.05) is 0 Å². The Morgan fingerprint density at radius 1 is 1.05 bits per heavy atom. The molecule has 0 bridgehead atoms. The van der Waals surface area contributed by atoms with Crippen LogP contribution in [0.25, 0.3) is 0 Å². The van der Waals surface area contributed by atoms with Gasteiger partial charge in [-0.3, -0.25) is 4.79 Å². The standard InChI is InChI=1S/C16H24O4S/c1-11(2)13-7-9-14(10-8-13)21(18,19)12(3)15(17)20-16(4,5)6/h7-12H,1-6H3. The Morgan fingerprint density at radius 3 is 1.90 bits per heavy atom. The van der Waals surface area contributed by atoms with E-state index in [4.69, 9.17) is 4.74 Å². The van der Waals surface area contributed by atoms with Gasteiger partial charge >= 0.3 is 5.97 Å². The van der Waals surface area contributed by atoms with Crippen molar-refractivity contribution in [1.29, 1.82) is 0 Å². The van der Waals surface area contributed by atoms with Gasteiger partial charge in [-0.2, -0.15) is 0 Å². The van der Waals surface area contributed by atoms with Gasteiger partial charge in [0.15, 0.2) is 15.1 Å². The summed E-state index contributed by atoms with van der Waals surface area (Å²) in [5.74, 6) is -0.402. The second kappa shape index (κ2) is 6.18. The van der Waals surface area contributed by atoms with Crippen molar-refractivity contribution in [3.8, 4) is 0 Å². The molecule has 1 atom stereocenters. The predicted molar refractivity (Wildman–Crippen MR) is 83.0 cm³/mol. The fraction of sp³-hybridized carbons (Fsp3) is 0.562. The molecule has 0 heterocycles. The summed E-state index contributed by atoms with van der Waals surface area (Å²) in [6, 6.07) is 6.65. The van der Waals surface area contributed by atoms with Gasteiger partial charge in [-0.25, -0.2) is 8.42 Å². The summed E-state index contributed by atoms with van der Waals surface area (Å²) in [4.78, 5) is 12.1. The third-order valence-electron chi connectivity index (χ3n) is 3.08. The molecule has 0 amide bonds. The minimum Gasteiger partial charge on any atom is -0.459 e. The summed E-state index contributed by atoms with van der Waals surface area (Å²) >= 11 is 0. The maximum atomic E-state index is 12.4. The van der Waals surface area contributed by atoms with Crippen molar-refractivity contribution in [3.05, 3.63) is 29.8 Å². The highest BCUT2D eigenvalue weighted by atomic mass is 32.2. The van der Waals surface area contributed by atoms with Crippen molar-refractivity contribution in [2.24, 2.45) is 0 Å². The molecule has 0 radical (unpaired) electrons. The Hall–Kier alpha value is -1.36. The van der Waals surface area contributed by atoms with E-state index in [0.29, 0.717) is 5.92 Å². The Bertz CT molecular complexity index is 592. The summed E-state index contributed by atoms with van der Waals surface area (Å²) in [5.41, 5.74) is 0.349. The van der Waals surface area contributed by atoms with Crippen LogP contribution in [-0.4, -0.2) is 25.2 Å². The van der Waals surface area contributed by atoms with Crippen LogP contribution >= 0.6 is 0 Å². The smallest absolute Gasteiger partial charge is 0.324 e. The van der Waals surface area contributed by atoms with Crippen molar-refractivity contribution in [2.45, 2.75) is 63.2 Å². The molecule has 0 saturated carbocycles. The number of sulfone groups is 1. The Labute approximate surface area is 127 Å². The highest BCUT2D eigenvalue weighted by Gasteiger charge is 2.33. The first kappa shape index (κ1) is 17.7. The Balaban J connectivity index is 3.02. The number of ether oxygens (including phenoxy) is 1. The molecule has 118 valence electrons. The average molecular weight is 312 g/mol. The molecule has 1 aromatic rings. The van der Waals surface area contributed by atoms with E-state index in [2.05, 4.69) is 0 Å². The number of hydrogen-bond acceptors (Lipinski definition) is 4. The van der Waals surface area contributed by atoms with E-state index in [-0.39, 0.29) is 4.90 Å². The number of esters is 1. The van der Waals surface area contributed by atoms with E-state index >= 15 is 0 Å². The number of hydrogen-bond donors (Lipinski definition) is 0. The Morgan fingerprint density at radius 2 is 1.52 bits per heavy atom. The van der Waals surface area contributed by atoms with E-state index in [0.717, 1.165) is 5.56 Å². The van der Waals surface area contributed by atoms with Crippen LogP contribution in [0.1, 0.15) is 53.0 Å². The van der Waals surface area contributed by atoms with Gasteiger partial charge in [0.25, 0.3) is 0 Å². The van der Waals surface area contributed by atoms with E-state index in [1.165, 1.54) is 6.92 Å². The lowest BCUT2D eigenvalue weighted by Crippen LogP contribution is -2.35. The fourth-order valence-corrected chi connectivity index (χ4v) is 2.98. The zero-order valence-corrected chi connectivity index (χ0v) is 14.3.